The molecule has 0 amide bonds. The zero-order chi connectivity index (χ0) is 4.99. The van der Waals surface area contributed by atoms with Gasteiger partial charge in [-0.3, -0.25) is 4.79 Å². The monoisotopic (exact) mass is 85.1 g/mol. The second-order valence-corrected chi connectivity index (χ2v) is 1.05. The van der Waals surface area contributed by atoms with Crippen molar-refractivity contribution in [3.8, 4) is 0 Å². The van der Waals surface area contributed by atoms with Crippen LogP contribution in [-0.2, 0) is 4.79 Å². The van der Waals surface area contributed by atoms with Gasteiger partial charge in [-0.1, -0.05) is 0 Å². The molecular formula is C4H7NO. The van der Waals surface area contributed by atoms with Crippen LogP contribution in [0.25, 0.3) is 0 Å². The third-order valence-corrected chi connectivity index (χ3v) is 0.331. The van der Waals surface area contributed by atoms with Gasteiger partial charge >= 0.3 is 0 Å². The molecule has 2 heteroatoms. The first-order valence-corrected chi connectivity index (χ1v) is 1.65. The van der Waals surface area contributed by atoms with Crippen molar-refractivity contribution in [3.05, 3.63) is 11.8 Å². The van der Waals surface area contributed by atoms with Crippen molar-refractivity contribution in [2.45, 2.75) is 6.92 Å². The predicted octanol–water partition coefficient (Wildman–Crippen LogP) is 0.0478. The van der Waals surface area contributed by atoms with E-state index in [4.69, 9.17) is 5.73 Å². The van der Waals surface area contributed by atoms with Gasteiger partial charge in [-0.05, 0) is 13.0 Å². The highest BCUT2D eigenvalue weighted by Gasteiger charge is 1.66. The predicted molar refractivity (Wildman–Crippen MR) is 24.0 cm³/mol. The molecule has 0 aliphatic heterocycles. The average molecular weight is 85.1 g/mol. The third kappa shape index (κ3) is 3.21. The summed E-state index contributed by atoms with van der Waals surface area (Å²) < 4.78 is 0. The van der Waals surface area contributed by atoms with E-state index in [-0.39, 0.29) is 0 Å². The Morgan fingerprint density at radius 3 is 2.33 bits per heavy atom. The van der Waals surface area contributed by atoms with Crippen LogP contribution in [0.5, 0.6) is 0 Å². The van der Waals surface area contributed by atoms with Crippen molar-refractivity contribution >= 4 is 6.29 Å². The normalized spacial score (nSPS) is 11.2. The Hall–Kier alpha value is -0.790. The molecular weight excluding hydrogens is 78.0 g/mol. The van der Waals surface area contributed by atoms with Gasteiger partial charge in [0.1, 0.15) is 6.29 Å². The molecule has 2 nitrogen and oxygen atoms in total. The molecule has 2 N–H and O–H groups in total. The lowest BCUT2D eigenvalue weighted by Crippen LogP contribution is -1.88. The second kappa shape index (κ2) is 2.45. The molecule has 0 bridgehead atoms. The Morgan fingerprint density at radius 1 is 1.83 bits per heavy atom. The number of carbonyl (C=O) groups excluding carboxylic acids is 1. The average Bonchev–Trinajstić information content (AvgIpc) is 1.35. The van der Waals surface area contributed by atoms with E-state index in [9.17, 15) is 4.79 Å². The maximum Gasteiger partial charge on any atom is 0.144 e. The maximum atomic E-state index is 9.46. The van der Waals surface area contributed by atoms with Crippen LogP contribution in [-0.4, -0.2) is 6.29 Å². The number of hydrogen-bond donors (Lipinski definition) is 1. The minimum Gasteiger partial charge on any atom is -0.402 e. The summed E-state index contributed by atoms with van der Waals surface area (Å²) >= 11 is 0. The summed E-state index contributed by atoms with van der Waals surface area (Å²) in [5, 5.41) is 0. The summed E-state index contributed by atoms with van der Waals surface area (Å²) in [7, 11) is 0. The Bertz CT molecular complexity index is 71.6. The lowest BCUT2D eigenvalue weighted by atomic mass is 10.5. The number of nitrogens with two attached hydrogens (primary N) is 1. The molecule has 0 aromatic rings. The third-order valence-electron chi connectivity index (χ3n) is 0.331. The van der Waals surface area contributed by atoms with E-state index < -0.39 is 0 Å². The molecule has 0 radical (unpaired) electrons. The molecule has 0 aliphatic rings. The fourth-order valence-corrected chi connectivity index (χ4v) is 0.107. The molecule has 6 heavy (non-hydrogen) atoms. The summed E-state index contributed by atoms with van der Waals surface area (Å²) in [6, 6.07) is 0. The highest BCUT2D eigenvalue weighted by Crippen LogP contribution is 1.70. The first kappa shape index (κ1) is 5.21. The van der Waals surface area contributed by atoms with Crippen LogP contribution < -0.4 is 5.73 Å². The van der Waals surface area contributed by atoms with E-state index in [1.54, 1.807) is 6.92 Å². The van der Waals surface area contributed by atoms with Gasteiger partial charge in [-0.25, -0.2) is 0 Å². The molecule has 0 saturated carbocycles. The molecule has 0 aromatic heterocycles. The van der Waals surface area contributed by atoms with Gasteiger partial charge in [-0.2, -0.15) is 0 Å². The minimum atomic E-state index is 0.546. The van der Waals surface area contributed by atoms with Crippen LogP contribution in [0.4, 0.5) is 0 Å². The standard InChI is InChI=1S/C4H7NO/c1-4(5)2-3-6/h2-3H,5H2,1H3. The summed E-state index contributed by atoms with van der Waals surface area (Å²) in [5.41, 5.74) is 5.58. The number of rotatable bonds is 1. The van der Waals surface area contributed by atoms with Crippen molar-refractivity contribution in [3.63, 3.8) is 0 Å². The molecule has 34 valence electrons. The molecule has 0 saturated heterocycles. The quantitative estimate of drug-likeness (QED) is 0.361. The van der Waals surface area contributed by atoms with Crippen molar-refractivity contribution < 1.29 is 4.79 Å². The van der Waals surface area contributed by atoms with E-state index >= 15 is 0 Å². The Kier molecular flexibility index (Phi) is 2.13. The maximum absolute atomic E-state index is 9.46. The summed E-state index contributed by atoms with van der Waals surface area (Å²) in [5.74, 6) is 0. The Balaban J connectivity index is 3.41. The van der Waals surface area contributed by atoms with Crippen molar-refractivity contribution in [1.29, 1.82) is 0 Å². The number of aldehydes is 1. The van der Waals surface area contributed by atoms with Gasteiger partial charge < -0.3 is 5.73 Å². The summed E-state index contributed by atoms with van der Waals surface area (Å²) in [6.45, 7) is 1.66. The largest absolute Gasteiger partial charge is 0.402 e. The SMILES string of the molecule is CC(N)=CC=O. The molecule has 0 atom stereocenters. The number of allylic oxidation sites excluding steroid dienone is 2. The van der Waals surface area contributed by atoms with Gasteiger partial charge in [0.05, 0.1) is 0 Å². The van der Waals surface area contributed by atoms with E-state index in [0.717, 1.165) is 0 Å². The second-order valence-electron chi connectivity index (χ2n) is 1.05. The Labute approximate surface area is 36.6 Å². The molecule has 0 heterocycles. The molecule has 0 aliphatic carbocycles. The van der Waals surface area contributed by atoms with Crippen LogP contribution in [0.3, 0.4) is 0 Å². The lowest BCUT2D eigenvalue weighted by molar-refractivity contribution is -0.104. The fourth-order valence-electron chi connectivity index (χ4n) is 0.107. The lowest BCUT2D eigenvalue weighted by Gasteiger charge is -1.76. The zero-order valence-corrected chi connectivity index (χ0v) is 3.64. The van der Waals surface area contributed by atoms with Gasteiger partial charge in [0.2, 0.25) is 0 Å². The number of hydrogen-bond acceptors (Lipinski definition) is 2. The van der Waals surface area contributed by atoms with Crippen LogP contribution in [0.1, 0.15) is 6.92 Å². The van der Waals surface area contributed by atoms with Crippen molar-refractivity contribution in [2.24, 2.45) is 5.73 Å². The van der Waals surface area contributed by atoms with Crippen molar-refractivity contribution in [2.75, 3.05) is 0 Å². The first-order valence-electron chi connectivity index (χ1n) is 1.65. The fraction of sp³-hybridized carbons (Fsp3) is 0.250. The number of carbonyl (C=O) groups is 1. The summed E-state index contributed by atoms with van der Waals surface area (Å²) in [6.07, 6.45) is 1.97. The highest BCUT2D eigenvalue weighted by molar-refractivity contribution is 5.65. The molecule has 0 unspecified atom stereocenters. The van der Waals surface area contributed by atoms with Crippen LogP contribution in [0, 0.1) is 0 Å². The minimum absolute atomic E-state index is 0.546. The van der Waals surface area contributed by atoms with Crippen LogP contribution in [0.15, 0.2) is 11.8 Å². The topological polar surface area (TPSA) is 43.1 Å². The van der Waals surface area contributed by atoms with Gasteiger partial charge in [0, 0.05) is 5.70 Å². The molecule has 0 fully saturated rings. The molecule has 0 rings (SSSR count). The zero-order valence-electron chi connectivity index (χ0n) is 3.64. The summed E-state index contributed by atoms with van der Waals surface area (Å²) in [4.78, 5) is 9.46. The van der Waals surface area contributed by atoms with E-state index in [1.165, 1.54) is 6.08 Å². The highest BCUT2D eigenvalue weighted by atomic mass is 16.1. The van der Waals surface area contributed by atoms with E-state index in [0.29, 0.717) is 12.0 Å². The molecule has 0 aromatic carbocycles. The van der Waals surface area contributed by atoms with Gasteiger partial charge in [-0.15, -0.1) is 0 Å². The first-order chi connectivity index (χ1) is 2.77. The van der Waals surface area contributed by atoms with Crippen LogP contribution >= 0.6 is 0 Å². The van der Waals surface area contributed by atoms with E-state index in [1.807, 2.05) is 0 Å². The van der Waals surface area contributed by atoms with Crippen LogP contribution in [0.2, 0.25) is 0 Å². The Morgan fingerprint density at radius 2 is 2.33 bits per heavy atom. The molecule has 0 spiro atoms. The van der Waals surface area contributed by atoms with Gasteiger partial charge in [0.25, 0.3) is 0 Å². The van der Waals surface area contributed by atoms with Crippen molar-refractivity contribution in [1.82, 2.24) is 0 Å². The van der Waals surface area contributed by atoms with E-state index in [2.05, 4.69) is 0 Å². The smallest absolute Gasteiger partial charge is 0.144 e. The van der Waals surface area contributed by atoms with Gasteiger partial charge in [0.15, 0.2) is 0 Å².